The van der Waals surface area contributed by atoms with Gasteiger partial charge in [-0.3, -0.25) is 4.79 Å². The van der Waals surface area contributed by atoms with Crippen molar-refractivity contribution in [2.75, 3.05) is 5.32 Å². The van der Waals surface area contributed by atoms with Crippen LogP contribution in [0.4, 0.5) is 32.0 Å². The Bertz CT molecular complexity index is 1600. The van der Waals surface area contributed by atoms with Gasteiger partial charge in [0.2, 0.25) is 5.91 Å². The minimum Gasteiger partial charge on any atom is -0.478 e. The molecule has 9 nitrogen and oxygen atoms in total. The van der Waals surface area contributed by atoms with Gasteiger partial charge in [0.05, 0.1) is 24.0 Å². The molecule has 4 unspecified atom stereocenters. The number of amides is 1. The number of alkyl halides is 6. The molecule has 240 valence electrons. The minimum atomic E-state index is -5.12. The van der Waals surface area contributed by atoms with Crippen molar-refractivity contribution in [1.82, 2.24) is 5.16 Å². The van der Waals surface area contributed by atoms with Gasteiger partial charge in [-0.25, -0.2) is 4.79 Å². The van der Waals surface area contributed by atoms with E-state index >= 15 is 0 Å². The van der Waals surface area contributed by atoms with E-state index < -0.39 is 53.7 Å². The highest BCUT2D eigenvalue weighted by molar-refractivity contribution is 5.96. The van der Waals surface area contributed by atoms with E-state index in [1.54, 1.807) is 6.07 Å². The molecule has 2 bridgehead atoms. The zero-order chi connectivity index (χ0) is 32.1. The van der Waals surface area contributed by atoms with E-state index in [-0.39, 0.29) is 41.3 Å². The molecule has 15 heteroatoms. The lowest BCUT2D eigenvalue weighted by molar-refractivity contribution is -0.275. The molecule has 4 atom stereocenters. The summed E-state index contributed by atoms with van der Waals surface area (Å²) in [5.41, 5.74) is -0.0369. The van der Waals surface area contributed by atoms with E-state index in [1.165, 1.54) is 18.2 Å². The number of ether oxygens (including phenoxy) is 3. The molecule has 0 aliphatic heterocycles. The summed E-state index contributed by atoms with van der Waals surface area (Å²) in [6, 6.07) is 8.36. The molecular weight excluding hydrogens is 614 g/mol. The molecule has 45 heavy (non-hydrogen) atoms. The van der Waals surface area contributed by atoms with E-state index in [0.717, 1.165) is 25.0 Å². The summed E-state index contributed by atoms with van der Waals surface area (Å²) in [6.45, 7) is -0.0481. The second kappa shape index (κ2) is 11.6. The van der Waals surface area contributed by atoms with Gasteiger partial charge in [-0.05, 0) is 74.3 Å². The number of rotatable bonds is 10. The lowest BCUT2D eigenvalue weighted by atomic mass is 9.95. The monoisotopic (exact) mass is 640 g/mol. The Labute approximate surface area is 251 Å². The van der Waals surface area contributed by atoms with E-state index in [4.69, 9.17) is 9.26 Å². The van der Waals surface area contributed by atoms with Crippen LogP contribution in [0, 0.1) is 17.8 Å². The summed E-state index contributed by atoms with van der Waals surface area (Å²) in [5.74, 6) is -3.74. The normalized spacial score (nSPS) is 22.8. The number of hydrogen-bond donors (Lipinski definition) is 2. The minimum absolute atomic E-state index is 0.0481. The number of carbonyl (C=O) groups excluding carboxylic acids is 1. The zero-order valence-electron chi connectivity index (χ0n) is 23.3. The fourth-order valence-corrected chi connectivity index (χ4v) is 6.46. The van der Waals surface area contributed by atoms with Gasteiger partial charge >= 0.3 is 18.7 Å². The highest BCUT2D eigenvalue weighted by Crippen LogP contribution is 2.52. The Hall–Kier alpha value is -4.27. The van der Waals surface area contributed by atoms with Crippen LogP contribution in [0.25, 0.3) is 11.3 Å². The maximum absolute atomic E-state index is 13.4. The van der Waals surface area contributed by atoms with E-state index in [1.807, 2.05) is 0 Å². The third-order valence-electron chi connectivity index (χ3n) is 8.44. The Morgan fingerprint density at radius 3 is 2.36 bits per heavy atom. The molecule has 0 radical (unpaired) electrons. The fourth-order valence-electron chi connectivity index (χ4n) is 6.46. The van der Waals surface area contributed by atoms with Crippen LogP contribution in [0.15, 0.2) is 47.0 Å². The molecular formula is C30H26F6N2O7. The van der Waals surface area contributed by atoms with E-state index in [9.17, 15) is 41.0 Å². The van der Waals surface area contributed by atoms with Crippen LogP contribution >= 0.6 is 0 Å². The third-order valence-corrected chi connectivity index (χ3v) is 8.44. The molecule has 2 N–H and O–H groups in total. The first-order chi connectivity index (χ1) is 21.3. The fraction of sp³-hybridized carbons (Fsp3) is 0.433. The lowest BCUT2D eigenvalue weighted by Crippen LogP contribution is -2.29. The maximum atomic E-state index is 13.4. The number of nitrogens with one attached hydrogen (secondary N) is 1. The van der Waals surface area contributed by atoms with E-state index in [2.05, 4.69) is 19.9 Å². The summed E-state index contributed by atoms with van der Waals surface area (Å²) in [5, 5.41) is 15.7. The van der Waals surface area contributed by atoms with Crippen molar-refractivity contribution in [1.29, 1.82) is 0 Å². The lowest BCUT2D eigenvalue weighted by Gasteiger charge is -2.23. The van der Waals surface area contributed by atoms with Crippen LogP contribution in [0.2, 0.25) is 0 Å². The van der Waals surface area contributed by atoms with Gasteiger partial charge < -0.3 is 29.2 Å². The molecule has 3 saturated carbocycles. The van der Waals surface area contributed by atoms with Crippen LogP contribution in [-0.4, -0.2) is 41.0 Å². The molecule has 3 aliphatic carbocycles. The summed E-state index contributed by atoms with van der Waals surface area (Å²) in [6.07, 6.45) is -7.02. The van der Waals surface area contributed by atoms with Crippen LogP contribution in [0.3, 0.4) is 0 Å². The predicted octanol–water partition coefficient (Wildman–Crippen LogP) is 7.28. The van der Waals surface area contributed by atoms with Crippen LogP contribution in [-0.2, 0) is 16.1 Å². The number of carboxylic acid groups (broad SMARTS) is 1. The van der Waals surface area contributed by atoms with Gasteiger partial charge in [0.25, 0.3) is 0 Å². The number of carboxylic acids is 1. The largest absolute Gasteiger partial charge is 0.573 e. The van der Waals surface area contributed by atoms with Crippen molar-refractivity contribution >= 4 is 17.6 Å². The van der Waals surface area contributed by atoms with Gasteiger partial charge in [-0.2, -0.15) is 0 Å². The number of anilines is 1. The van der Waals surface area contributed by atoms with Crippen molar-refractivity contribution in [3.8, 4) is 22.8 Å². The number of aromatic nitrogens is 1. The highest BCUT2D eigenvalue weighted by Gasteiger charge is 2.52. The number of carbonyl (C=O) groups is 2. The topological polar surface area (TPSA) is 120 Å². The number of fused-ring (bicyclic) bond motifs is 2. The average Bonchev–Trinajstić information content (AvgIpc) is 3.44. The second-order valence-corrected chi connectivity index (χ2v) is 11.4. The summed E-state index contributed by atoms with van der Waals surface area (Å²) in [4.78, 5) is 24.7. The van der Waals surface area contributed by atoms with Gasteiger partial charge in [-0.1, -0.05) is 17.3 Å². The highest BCUT2D eigenvalue weighted by atomic mass is 19.4. The SMILES string of the molecule is O=C(O)c1ccc(NC(=O)C2C3CCC2C(OCc2c(-c4ccccc4OC(F)(F)F)noc2C2CC2)C3)c(OC(F)(F)F)c1. The first-order valence-electron chi connectivity index (χ1n) is 14.2. The molecule has 3 aliphatic rings. The molecule has 1 aromatic heterocycles. The number of aromatic carboxylic acids is 1. The first-order valence-corrected chi connectivity index (χ1v) is 14.2. The summed E-state index contributed by atoms with van der Waals surface area (Å²) >= 11 is 0. The van der Waals surface area contributed by atoms with Gasteiger partial charge in [-0.15, -0.1) is 26.3 Å². The Kier molecular flexibility index (Phi) is 7.91. The Morgan fingerprint density at radius 1 is 0.956 bits per heavy atom. The number of para-hydroxylation sites is 1. The Balaban J connectivity index is 1.19. The van der Waals surface area contributed by atoms with Crippen molar-refractivity contribution in [3.05, 3.63) is 59.4 Å². The molecule has 3 aromatic rings. The van der Waals surface area contributed by atoms with Crippen molar-refractivity contribution in [2.24, 2.45) is 17.8 Å². The summed E-state index contributed by atoms with van der Waals surface area (Å²) in [7, 11) is 0. The van der Waals surface area contributed by atoms with Gasteiger partial charge in [0.1, 0.15) is 17.2 Å². The third kappa shape index (κ3) is 6.72. The molecule has 1 amide bonds. The maximum Gasteiger partial charge on any atom is 0.573 e. The molecule has 1 heterocycles. The standard InChI is InChI=1S/C30H26F6N2O7/c31-29(32,33)43-21-4-2-1-3-18(21)25-19(26(45-38-25)14-5-6-14)13-42-22-11-15-7-9-17(22)24(15)27(39)37-20-10-8-16(28(40)41)12-23(20)44-30(34,35)36/h1-4,8,10,12,14-15,17,22,24H,5-7,9,11,13H2,(H,37,39)(H,40,41). The summed E-state index contributed by atoms with van der Waals surface area (Å²) < 4.78 is 98.4. The second-order valence-electron chi connectivity index (χ2n) is 11.4. The Morgan fingerprint density at radius 2 is 1.67 bits per heavy atom. The zero-order valence-corrected chi connectivity index (χ0v) is 23.3. The van der Waals surface area contributed by atoms with Crippen molar-refractivity contribution in [2.45, 2.75) is 63.5 Å². The molecule has 0 spiro atoms. The first kappa shape index (κ1) is 30.7. The number of halogens is 6. The van der Waals surface area contributed by atoms with Gasteiger partial charge in [0, 0.05) is 23.0 Å². The molecule has 3 fully saturated rings. The van der Waals surface area contributed by atoms with Crippen LogP contribution < -0.4 is 14.8 Å². The quantitative estimate of drug-likeness (QED) is 0.222. The van der Waals surface area contributed by atoms with E-state index in [0.29, 0.717) is 36.7 Å². The smallest absolute Gasteiger partial charge is 0.478 e. The average molecular weight is 641 g/mol. The predicted molar refractivity (Wildman–Crippen MR) is 142 cm³/mol. The van der Waals surface area contributed by atoms with Crippen molar-refractivity contribution in [3.63, 3.8) is 0 Å². The van der Waals surface area contributed by atoms with Crippen molar-refractivity contribution < 1.29 is 59.8 Å². The van der Waals surface area contributed by atoms with Crippen LogP contribution in [0.5, 0.6) is 11.5 Å². The molecule has 2 aromatic carbocycles. The van der Waals surface area contributed by atoms with Gasteiger partial charge in [0.15, 0.2) is 5.75 Å². The number of nitrogens with zero attached hydrogens (tertiary/aromatic N) is 1. The number of benzene rings is 2. The molecule has 6 rings (SSSR count). The van der Waals surface area contributed by atoms with Crippen LogP contribution in [0.1, 0.15) is 59.7 Å². The number of hydrogen-bond acceptors (Lipinski definition) is 7. The molecule has 0 saturated heterocycles.